The number of likely N-dealkylation sites (N-methyl/N-ethyl adjacent to an activating group) is 1. The van der Waals surface area contributed by atoms with Crippen LogP contribution in [-0.4, -0.2) is 36.9 Å². The normalized spacial score (nSPS) is 11.8. The number of nitrogens with two attached hydrogens (primary N) is 1. The van der Waals surface area contributed by atoms with E-state index in [1.54, 1.807) is 11.9 Å². The Balaban J connectivity index is 2.51. The molecule has 1 atom stereocenters. The Morgan fingerprint density at radius 2 is 1.95 bits per heavy atom. The lowest BCUT2D eigenvalue weighted by molar-refractivity contribution is -0.136. The number of hydrogen-bond donors (Lipinski definition) is 2. The van der Waals surface area contributed by atoms with E-state index in [4.69, 9.17) is 5.73 Å². The average Bonchev–Trinajstić information content (AvgIpc) is 2.52. The highest BCUT2D eigenvalue weighted by molar-refractivity contribution is 5.84. The molecule has 0 radical (unpaired) electrons. The van der Waals surface area contributed by atoms with Gasteiger partial charge >= 0.3 is 0 Å². The molecule has 0 saturated heterocycles. The summed E-state index contributed by atoms with van der Waals surface area (Å²) in [5.41, 5.74) is 7.12. The van der Waals surface area contributed by atoms with Crippen molar-refractivity contribution in [3.63, 3.8) is 0 Å². The number of amides is 2. The van der Waals surface area contributed by atoms with Crippen molar-refractivity contribution in [2.75, 3.05) is 20.1 Å². The van der Waals surface area contributed by atoms with Gasteiger partial charge in [-0.05, 0) is 18.4 Å². The molecule has 0 aromatic heterocycles. The molecule has 1 aromatic rings. The molecule has 1 aromatic carbocycles. The highest BCUT2D eigenvalue weighted by atomic mass is 16.2. The Bertz CT molecular complexity index is 448. The smallest absolute Gasteiger partial charge is 0.239 e. The molecule has 0 heterocycles. The van der Waals surface area contributed by atoms with Crippen molar-refractivity contribution < 1.29 is 9.59 Å². The minimum atomic E-state index is -0.154. The fraction of sp³-hybridized carbons (Fsp3) is 0.500. The monoisotopic (exact) mass is 291 g/mol. The van der Waals surface area contributed by atoms with E-state index in [-0.39, 0.29) is 24.4 Å². The predicted molar refractivity (Wildman–Crippen MR) is 83.5 cm³/mol. The molecule has 0 fully saturated rings. The summed E-state index contributed by atoms with van der Waals surface area (Å²) < 4.78 is 0. The van der Waals surface area contributed by atoms with Crippen LogP contribution in [0.1, 0.15) is 37.8 Å². The van der Waals surface area contributed by atoms with Crippen LogP contribution in [0.15, 0.2) is 30.3 Å². The lowest BCUT2D eigenvalue weighted by Crippen LogP contribution is -2.40. The summed E-state index contributed by atoms with van der Waals surface area (Å²) in [4.78, 5) is 25.2. The SMILES string of the molecule is CCCN(CC(=O)NC)C(=O)CCC(N)c1ccccc1. The van der Waals surface area contributed by atoms with Crippen molar-refractivity contribution in [3.8, 4) is 0 Å². The van der Waals surface area contributed by atoms with Gasteiger partial charge in [0.05, 0.1) is 6.54 Å². The Morgan fingerprint density at radius 1 is 1.29 bits per heavy atom. The van der Waals surface area contributed by atoms with Gasteiger partial charge in [-0.2, -0.15) is 0 Å². The Morgan fingerprint density at radius 3 is 2.52 bits per heavy atom. The minimum Gasteiger partial charge on any atom is -0.358 e. The van der Waals surface area contributed by atoms with E-state index in [2.05, 4.69) is 5.32 Å². The molecular formula is C16H25N3O2. The highest BCUT2D eigenvalue weighted by Crippen LogP contribution is 2.15. The lowest BCUT2D eigenvalue weighted by Gasteiger charge is -2.22. The van der Waals surface area contributed by atoms with Gasteiger partial charge in [-0.25, -0.2) is 0 Å². The van der Waals surface area contributed by atoms with E-state index in [1.165, 1.54) is 0 Å². The number of nitrogens with one attached hydrogen (secondary N) is 1. The van der Waals surface area contributed by atoms with E-state index in [0.29, 0.717) is 19.4 Å². The molecule has 5 heteroatoms. The third-order valence-corrected chi connectivity index (χ3v) is 3.36. The molecule has 0 aliphatic carbocycles. The van der Waals surface area contributed by atoms with Gasteiger partial charge in [0.25, 0.3) is 0 Å². The van der Waals surface area contributed by atoms with E-state index in [1.807, 2.05) is 37.3 Å². The molecule has 0 aliphatic heterocycles. The molecule has 3 N–H and O–H groups in total. The van der Waals surface area contributed by atoms with E-state index in [0.717, 1.165) is 12.0 Å². The van der Waals surface area contributed by atoms with Crippen molar-refractivity contribution in [1.82, 2.24) is 10.2 Å². The third-order valence-electron chi connectivity index (χ3n) is 3.36. The van der Waals surface area contributed by atoms with Crippen LogP contribution in [0.3, 0.4) is 0 Å². The molecule has 1 rings (SSSR count). The zero-order chi connectivity index (χ0) is 15.7. The van der Waals surface area contributed by atoms with Crippen molar-refractivity contribution in [3.05, 3.63) is 35.9 Å². The second-order valence-electron chi connectivity index (χ2n) is 5.04. The molecule has 0 aliphatic rings. The molecule has 116 valence electrons. The fourth-order valence-electron chi connectivity index (χ4n) is 2.12. The summed E-state index contributed by atoms with van der Waals surface area (Å²) in [6.07, 6.45) is 1.76. The topological polar surface area (TPSA) is 75.4 Å². The van der Waals surface area contributed by atoms with Crippen LogP contribution in [0.25, 0.3) is 0 Å². The summed E-state index contributed by atoms with van der Waals surface area (Å²) in [5, 5.41) is 2.54. The Labute approximate surface area is 126 Å². The van der Waals surface area contributed by atoms with Gasteiger partial charge in [-0.3, -0.25) is 9.59 Å². The highest BCUT2D eigenvalue weighted by Gasteiger charge is 2.17. The van der Waals surface area contributed by atoms with Crippen molar-refractivity contribution >= 4 is 11.8 Å². The number of benzene rings is 1. The number of carbonyl (C=O) groups is 2. The van der Waals surface area contributed by atoms with Crippen molar-refractivity contribution in [2.45, 2.75) is 32.2 Å². The fourth-order valence-corrected chi connectivity index (χ4v) is 2.12. The molecule has 0 saturated carbocycles. The second-order valence-corrected chi connectivity index (χ2v) is 5.04. The first kappa shape index (κ1) is 17.2. The number of nitrogens with zero attached hydrogens (tertiary/aromatic N) is 1. The first-order valence-electron chi connectivity index (χ1n) is 7.37. The van der Waals surface area contributed by atoms with Gasteiger partial charge in [0.2, 0.25) is 11.8 Å². The molecule has 0 spiro atoms. The quantitative estimate of drug-likeness (QED) is 0.761. The first-order chi connectivity index (χ1) is 10.1. The first-order valence-corrected chi connectivity index (χ1v) is 7.37. The van der Waals surface area contributed by atoms with Crippen LogP contribution in [0.5, 0.6) is 0 Å². The van der Waals surface area contributed by atoms with Crippen LogP contribution in [0.2, 0.25) is 0 Å². The van der Waals surface area contributed by atoms with Crippen LogP contribution in [0.4, 0.5) is 0 Å². The third kappa shape index (κ3) is 5.95. The second kappa shape index (κ2) is 9.13. The Hall–Kier alpha value is -1.88. The summed E-state index contributed by atoms with van der Waals surface area (Å²) in [5.74, 6) is -0.170. The number of rotatable bonds is 8. The van der Waals surface area contributed by atoms with Crippen LogP contribution < -0.4 is 11.1 Å². The maximum Gasteiger partial charge on any atom is 0.239 e. The van der Waals surface area contributed by atoms with Gasteiger partial charge in [0, 0.05) is 26.1 Å². The molecule has 1 unspecified atom stereocenters. The molecular weight excluding hydrogens is 266 g/mol. The summed E-state index contributed by atoms with van der Waals surface area (Å²) >= 11 is 0. The zero-order valence-corrected chi connectivity index (χ0v) is 12.8. The molecule has 2 amide bonds. The minimum absolute atomic E-state index is 0.0215. The van der Waals surface area contributed by atoms with Crippen molar-refractivity contribution in [1.29, 1.82) is 0 Å². The van der Waals surface area contributed by atoms with E-state index >= 15 is 0 Å². The van der Waals surface area contributed by atoms with E-state index in [9.17, 15) is 9.59 Å². The summed E-state index contributed by atoms with van der Waals surface area (Å²) in [6.45, 7) is 2.69. The van der Waals surface area contributed by atoms with Crippen LogP contribution >= 0.6 is 0 Å². The standard InChI is InChI=1S/C16H25N3O2/c1-3-11-19(12-15(20)18-2)16(21)10-9-14(17)13-7-5-4-6-8-13/h4-8,14H,3,9-12,17H2,1-2H3,(H,18,20). The molecule has 0 bridgehead atoms. The predicted octanol–water partition coefficient (Wildman–Crippen LogP) is 1.45. The van der Waals surface area contributed by atoms with Gasteiger partial charge < -0.3 is 16.0 Å². The van der Waals surface area contributed by atoms with Crippen molar-refractivity contribution in [2.24, 2.45) is 5.73 Å². The maximum absolute atomic E-state index is 12.2. The summed E-state index contributed by atoms with van der Waals surface area (Å²) in [7, 11) is 1.57. The van der Waals surface area contributed by atoms with Crippen LogP contribution in [0, 0.1) is 0 Å². The molecule has 5 nitrogen and oxygen atoms in total. The van der Waals surface area contributed by atoms with Gasteiger partial charge in [0.15, 0.2) is 0 Å². The number of carbonyl (C=O) groups excluding carboxylic acids is 2. The van der Waals surface area contributed by atoms with Gasteiger partial charge in [-0.1, -0.05) is 37.3 Å². The summed E-state index contributed by atoms with van der Waals surface area (Å²) in [6, 6.07) is 9.58. The van der Waals surface area contributed by atoms with Gasteiger partial charge in [0.1, 0.15) is 0 Å². The average molecular weight is 291 g/mol. The lowest BCUT2D eigenvalue weighted by atomic mass is 10.0. The van der Waals surface area contributed by atoms with E-state index < -0.39 is 0 Å². The largest absolute Gasteiger partial charge is 0.358 e. The zero-order valence-electron chi connectivity index (χ0n) is 12.8. The molecule has 21 heavy (non-hydrogen) atoms. The Kier molecular flexibility index (Phi) is 7.46. The van der Waals surface area contributed by atoms with Crippen LogP contribution in [-0.2, 0) is 9.59 Å². The maximum atomic E-state index is 12.2. The number of hydrogen-bond acceptors (Lipinski definition) is 3. The van der Waals surface area contributed by atoms with Gasteiger partial charge in [-0.15, -0.1) is 0 Å².